The fourth-order valence-electron chi connectivity index (χ4n) is 9.38. The number of benzene rings is 2. The Morgan fingerprint density at radius 2 is 1.11 bits per heavy atom. The number of likely N-dealkylation sites (tertiary alicyclic amines) is 1. The molecule has 2 aliphatic heterocycles. The first kappa shape index (κ1) is 42.4. The van der Waals surface area contributed by atoms with Crippen LogP contribution in [0.4, 0.5) is 11.9 Å². The van der Waals surface area contributed by atoms with Crippen LogP contribution in [0.1, 0.15) is 91.0 Å². The normalized spacial score (nSPS) is 15.9. The third kappa shape index (κ3) is 8.72. The molecule has 4 aromatic heterocycles. The maximum Gasteiger partial charge on any atom is 0.208 e. The summed E-state index contributed by atoms with van der Waals surface area (Å²) in [6, 6.07) is 12.7. The molecule has 0 spiro atoms. The summed E-state index contributed by atoms with van der Waals surface area (Å²) in [5.41, 5.74) is 27.2. The lowest BCUT2D eigenvalue weighted by molar-refractivity contribution is 0.186. The van der Waals surface area contributed by atoms with E-state index in [1.807, 2.05) is 23.2 Å². The maximum atomic E-state index is 6.43. The van der Waals surface area contributed by atoms with Crippen molar-refractivity contribution >= 4 is 56.8 Å². The number of aromatic nitrogens is 8. The number of hydrogen-bond donors (Lipinski definition) is 4. The van der Waals surface area contributed by atoms with Gasteiger partial charge in [-0.25, -0.2) is 9.97 Å². The summed E-state index contributed by atoms with van der Waals surface area (Å²) in [6.07, 6.45) is 12.0. The van der Waals surface area contributed by atoms with Crippen LogP contribution in [-0.2, 0) is 39.0 Å². The second kappa shape index (κ2) is 17.9. The van der Waals surface area contributed by atoms with E-state index in [-0.39, 0.29) is 0 Å². The van der Waals surface area contributed by atoms with Gasteiger partial charge in [-0.05, 0) is 144 Å². The zero-order chi connectivity index (χ0) is 43.7. The van der Waals surface area contributed by atoms with Crippen LogP contribution >= 0.6 is 0 Å². The van der Waals surface area contributed by atoms with Crippen LogP contribution in [-0.4, -0.2) is 63.2 Å². The molecule has 0 saturated carbocycles. The van der Waals surface area contributed by atoms with Crippen molar-refractivity contribution < 1.29 is 0 Å². The molecule has 0 aliphatic carbocycles. The predicted octanol–water partition coefficient (Wildman–Crippen LogP) is 8.70. The minimum atomic E-state index is 0.425. The van der Waals surface area contributed by atoms with E-state index >= 15 is 0 Å². The van der Waals surface area contributed by atoms with Crippen LogP contribution in [0.25, 0.3) is 44.9 Å². The summed E-state index contributed by atoms with van der Waals surface area (Å²) in [7, 11) is 0. The van der Waals surface area contributed by atoms with E-state index in [0.29, 0.717) is 42.3 Å². The zero-order valence-electron chi connectivity index (χ0n) is 37.1. The number of nitrogens with zero attached hydrogens (tertiary/aromatic N) is 9. The molecule has 62 heavy (non-hydrogen) atoms. The highest BCUT2D eigenvalue weighted by Crippen LogP contribution is 2.34. The Morgan fingerprint density at radius 1 is 0.661 bits per heavy atom. The van der Waals surface area contributed by atoms with Crippen molar-refractivity contribution in [2.75, 3.05) is 30.3 Å². The Hall–Kier alpha value is -6.34. The second-order valence-corrected chi connectivity index (χ2v) is 17.1. The number of allylic oxidation sites excluding steroid dienone is 2. The van der Waals surface area contributed by atoms with Gasteiger partial charge in [0.2, 0.25) is 11.9 Å². The van der Waals surface area contributed by atoms with Gasteiger partial charge in [-0.2, -0.15) is 10.2 Å². The van der Waals surface area contributed by atoms with E-state index in [1.165, 1.54) is 30.4 Å². The van der Waals surface area contributed by atoms with Crippen molar-refractivity contribution in [1.29, 1.82) is 0 Å². The van der Waals surface area contributed by atoms with Gasteiger partial charge >= 0.3 is 0 Å². The average Bonchev–Trinajstić information content (AvgIpc) is 4.02. The summed E-state index contributed by atoms with van der Waals surface area (Å²) >= 11 is 0. The number of nitrogens with one attached hydrogen (secondary N) is 2. The lowest BCUT2D eigenvalue weighted by Gasteiger charge is -2.31. The van der Waals surface area contributed by atoms with Gasteiger partial charge in [0.1, 0.15) is 0 Å². The van der Waals surface area contributed by atoms with Crippen molar-refractivity contribution in [2.24, 2.45) is 17.4 Å². The molecular weight excluding hydrogens is 771 g/mol. The fraction of sp³-hybridized carbons (Fsp3) is 0.388. The number of rotatable bonds is 12. The molecular formula is C49H63N13. The molecule has 0 atom stereocenters. The molecule has 324 valence electrons. The van der Waals surface area contributed by atoms with Crippen molar-refractivity contribution in [1.82, 2.24) is 43.6 Å². The van der Waals surface area contributed by atoms with Crippen molar-refractivity contribution in [3.63, 3.8) is 0 Å². The van der Waals surface area contributed by atoms with Gasteiger partial charge < -0.3 is 36.1 Å². The summed E-state index contributed by atoms with van der Waals surface area (Å²) in [5, 5.41) is 16.6. The quantitative estimate of drug-likeness (QED) is 0.0889. The van der Waals surface area contributed by atoms with Crippen molar-refractivity contribution in [3.05, 3.63) is 120 Å². The molecule has 0 amide bonds. The van der Waals surface area contributed by atoms with Gasteiger partial charge in [-0.3, -0.25) is 9.36 Å². The monoisotopic (exact) mass is 834 g/mol. The number of piperidine rings is 1. The van der Waals surface area contributed by atoms with Crippen molar-refractivity contribution in [3.8, 4) is 0 Å². The van der Waals surface area contributed by atoms with Crippen LogP contribution < -0.4 is 22.1 Å². The summed E-state index contributed by atoms with van der Waals surface area (Å²) in [6.45, 7) is 31.3. The molecule has 6 heterocycles. The summed E-state index contributed by atoms with van der Waals surface area (Å²) in [5.74, 6) is 1.84. The van der Waals surface area contributed by atoms with Gasteiger partial charge in [0.25, 0.3) is 0 Å². The van der Waals surface area contributed by atoms with Gasteiger partial charge in [0, 0.05) is 44.1 Å². The minimum Gasteiger partial charge on any atom is -0.399 e. The van der Waals surface area contributed by atoms with Crippen LogP contribution in [0.5, 0.6) is 0 Å². The molecule has 8 rings (SSSR count). The molecule has 0 radical (unpaired) electrons. The van der Waals surface area contributed by atoms with E-state index in [0.717, 1.165) is 126 Å². The number of aryl methyl sites for hydroxylation is 6. The molecule has 1 fully saturated rings. The summed E-state index contributed by atoms with van der Waals surface area (Å²) in [4.78, 5) is 13.2. The fourth-order valence-corrected chi connectivity index (χ4v) is 9.38. The molecule has 2 aliphatic rings. The molecule has 0 bridgehead atoms. The number of nitrogens with two attached hydrogens (primary N) is 2. The molecule has 2 aromatic carbocycles. The van der Waals surface area contributed by atoms with Crippen LogP contribution in [0.3, 0.4) is 0 Å². The lowest BCUT2D eigenvalue weighted by atomic mass is 9.90. The third-order valence-electron chi connectivity index (χ3n) is 12.5. The van der Waals surface area contributed by atoms with Crippen LogP contribution in [0.2, 0.25) is 0 Å². The van der Waals surface area contributed by atoms with E-state index in [9.17, 15) is 0 Å². The topological polar surface area (TPSA) is 151 Å². The first-order chi connectivity index (χ1) is 29.9. The van der Waals surface area contributed by atoms with Gasteiger partial charge in [-0.1, -0.05) is 44.9 Å². The first-order valence-corrected chi connectivity index (χ1v) is 22.2. The first-order valence-electron chi connectivity index (χ1n) is 22.2. The average molecular weight is 834 g/mol. The largest absolute Gasteiger partial charge is 0.399 e. The zero-order valence-corrected chi connectivity index (χ0v) is 37.1. The van der Waals surface area contributed by atoms with Gasteiger partial charge in [0.15, 0.2) is 0 Å². The Morgan fingerprint density at radius 3 is 1.53 bits per heavy atom. The second-order valence-electron chi connectivity index (χ2n) is 17.1. The SMILES string of the molecule is C=C(N)c1cc2c3c(c1)nc(NC(=C)c1cc(C)nn1CC)n3C/C=C/Cn1c(NC(=C)c3cc(C)nn3CC)nc3cc(C(=C)N)cc(c31)CCC(CN1CCCCC1)CC2. The van der Waals surface area contributed by atoms with Gasteiger partial charge in [-0.15, -0.1) is 0 Å². The summed E-state index contributed by atoms with van der Waals surface area (Å²) < 4.78 is 8.49. The minimum absolute atomic E-state index is 0.425. The molecule has 6 N–H and O–H groups in total. The van der Waals surface area contributed by atoms with Crippen molar-refractivity contribution in [2.45, 2.75) is 98.8 Å². The molecule has 0 unspecified atom stereocenters. The Balaban J connectivity index is 1.26. The number of imidazole rings is 2. The van der Waals surface area contributed by atoms with E-state index in [1.54, 1.807) is 0 Å². The highest BCUT2D eigenvalue weighted by molar-refractivity contribution is 5.89. The van der Waals surface area contributed by atoms with E-state index in [2.05, 4.69) is 124 Å². The van der Waals surface area contributed by atoms with Crippen LogP contribution in [0, 0.1) is 19.8 Å². The number of hydrogen-bond acceptors (Lipinski definition) is 9. The van der Waals surface area contributed by atoms with Crippen LogP contribution in [0.15, 0.2) is 74.9 Å². The third-order valence-corrected chi connectivity index (χ3v) is 12.5. The predicted molar refractivity (Wildman–Crippen MR) is 256 cm³/mol. The number of anilines is 2. The molecule has 13 nitrogen and oxygen atoms in total. The maximum absolute atomic E-state index is 6.43. The standard InChI is InChI=1S/C49H63N13/c1-9-61-44(24-31(3)56-61)35(7)52-48-54-42-28-40(33(5)50)26-38-18-16-37(30-58-20-12-11-13-21-58)17-19-39-27-41(34(6)51)29-43-47(39)60(23-15-14-22-59(48)46(38)42)49(55-43)53-36(8)45-25-32(4)57-62(45)10-2/h14-15,24-29,37H,5-13,16-23,30,50-51H2,1-4H3,(H,52,54)(H,53,55)/b15-14+. The Kier molecular flexibility index (Phi) is 12.3. The molecule has 1 saturated heterocycles. The van der Waals surface area contributed by atoms with Gasteiger partial charge in [0.05, 0.1) is 56.2 Å². The Bertz CT molecular complexity index is 2530. The van der Waals surface area contributed by atoms with E-state index in [4.69, 9.17) is 21.4 Å². The molecule has 13 heteroatoms. The Labute approximate surface area is 365 Å². The van der Waals surface area contributed by atoms with E-state index < -0.39 is 0 Å². The molecule has 6 aromatic rings. The lowest BCUT2D eigenvalue weighted by Crippen LogP contribution is -2.34. The smallest absolute Gasteiger partial charge is 0.208 e. The highest BCUT2D eigenvalue weighted by Gasteiger charge is 2.24. The highest BCUT2D eigenvalue weighted by atomic mass is 15.3.